The minimum absolute atomic E-state index is 0.105. The summed E-state index contributed by atoms with van der Waals surface area (Å²) in [6.45, 7) is 4.84. The number of aryl methyl sites for hydroxylation is 1. The van der Waals surface area contributed by atoms with E-state index in [-0.39, 0.29) is 6.61 Å². The normalized spacial score (nSPS) is 10.8. The summed E-state index contributed by atoms with van der Waals surface area (Å²) in [5.41, 5.74) is 2.20. The number of unbranched alkanes of at least 4 members (excludes halogenated alkanes) is 1. The van der Waals surface area contributed by atoms with Crippen molar-refractivity contribution in [2.75, 3.05) is 0 Å². The molecule has 2 nitrogen and oxygen atoms in total. The lowest BCUT2D eigenvalue weighted by Crippen LogP contribution is -1.95. The van der Waals surface area contributed by atoms with Gasteiger partial charge in [-0.25, -0.2) is 0 Å². The van der Waals surface area contributed by atoms with Crippen LogP contribution < -0.4 is 0 Å². The van der Waals surface area contributed by atoms with Crippen molar-refractivity contribution in [3.8, 4) is 0 Å². The van der Waals surface area contributed by atoms with Crippen LogP contribution in [0.4, 0.5) is 0 Å². The highest BCUT2D eigenvalue weighted by atomic mass is 16.3. The lowest BCUT2D eigenvalue weighted by Gasteiger charge is -2.05. The van der Waals surface area contributed by atoms with Gasteiger partial charge in [0.25, 0.3) is 0 Å². The van der Waals surface area contributed by atoms with Crippen molar-refractivity contribution < 1.29 is 5.11 Å². The van der Waals surface area contributed by atoms with Crippen LogP contribution in [0.3, 0.4) is 0 Å². The molecule has 0 saturated heterocycles. The van der Waals surface area contributed by atoms with E-state index in [0.717, 1.165) is 30.3 Å². The van der Waals surface area contributed by atoms with E-state index >= 15 is 0 Å². The molecule has 0 fully saturated rings. The number of aliphatic hydroxyl groups is 1. The van der Waals surface area contributed by atoms with Crippen molar-refractivity contribution in [3.63, 3.8) is 0 Å². The van der Waals surface area contributed by atoms with Gasteiger partial charge in [-0.3, -0.25) is 0 Å². The number of hydrogen-bond acceptors (Lipinski definition) is 1. The third-order valence-corrected chi connectivity index (χ3v) is 2.88. The number of allylic oxidation sites excluding steroid dienone is 1. The number of aromatic nitrogens is 1. The Labute approximate surface area is 95.8 Å². The van der Waals surface area contributed by atoms with Crippen LogP contribution in [0.15, 0.2) is 43.1 Å². The summed E-state index contributed by atoms with van der Waals surface area (Å²) in [5.74, 6) is 0. The number of nitrogens with zero attached hydrogens (tertiary/aromatic N) is 1. The average Bonchev–Trinajstić information content (AvgIpc) is 2.73. The molecular formula is C14H17NO. The predicted molar refractivity (Wildman–Crippen MR) is 67.3 cm³/mol. The molecule has 0 atom stereocenters. The Morgan fingerprint density at radius 3 is 2.94 bits per heavy atom. The lowest BCUT2D eigenvalue weighted by atomic mass is 10.1. The van der Waals surface area contributed by atoms with Crippen molar-refractivity contribution >= 4 is 10.9 Å². The molecule has 2 aromatic rings. The number of hydrogen-bond donors (Lipinski definition) is 1. The fraction of sp³-hybridized carbons (Fsp3) is 0.286. The Kier molecular flexibility index (Phi) is 3.42. The minimum Gasteiger partial charge on any atom is -0.392 e. The molecule has 1 aromatic carbocycles. The van der Waals surface area contributed by atoms with Crippen molar-refractivity contribution in [2.24, 2.45) is 0 Å². The van der Waals surface area contributed by atoms with E-state index in [1.165, 1.54) is 5.52 Å². The topological polar surface area (TPSA) is 25.2 Å². The van der Waals surface area contributed by atoms with Gasteiger partial charge in [-0.1, -0.05) is 18.2 Å². The molecule has 0 amide bonds. The monoisotopic (exact) mass is 215 g/mol. The molecule has 1 aromatic heterocycles. The Morgan fingerprint density at radius 1 is 1.31 bits per heavy atom. The van der Waals surface area contributed by atoms with Gasteiger partial charge in [0, 0.05) is 23.6 Å². The largest absolute Gasteiger partial charge is 0.392 e. The van der Waals surface area contributed by atoms with Crippen molar-refractivity contribution in [2.45, 2.75) is 26.0 Å². The van der Waals surface area contributed by atoms with Crippen molar-refractivity contribution in [1.82, 2.24) is 4.57 Å². The SMILES string of the molecule is C=CCCCn1ccc2c(CO)cccc21. The molecule has 0 spiro atoms. The molecule has 0 aliphatic rings. The van der Waals surface area contributed by atoms with Crippen LogP contribution in [-0.2, 0) is 13.2 Å². The predicted octanol–water partition coefficient (Wildman–Crippen LogP) is 3.10. The first-order chi connectivity index (χ1) is 7.86. The molecular weight excluding hydrogens is 198 g/mol. The molecule has 0 saturated carbocycles. The fourth-order valence-corrected chi connectivity index (χ4v) is 2.03. The first kappa shape index (κ1) is 11.0. The number of rotatable bonds is 5. The van der Waals surface area contributed by atoms with Gasteiger partial charge < -0.3 is 9.67 Å². The second kappa shape index (κ2) is 4.99. The average molecular weight is 215 g/mol. The maximum Gasteiger partial charge on any atom is 0.0688 e. The van der Waals surface area contributed by atoms with E-state index < -0.39 is 0 Å². The van der Waals surface area contributed by atoms with E-state index in [9.17, 15) is 5.11 Å². The van der Waals surface area contributed by atoms with E-state index in [0.29, 0.717) is 0 Å². The fourth-order valence-electron chi connectivity index (χ4n) is 2.03. The van der Waals surface area contributed by atoms with Crippen LogP contribution in [0.5, 0.6) is 0 Å². The van der Waals surface area contributed by atoms with E-state index in [4.69, 9.17) is 0 Å². The van der Waals surface area contributed by atoms with Crippen LogP contribution in [0.1, 0.15) is 18.4 Å². The molecule has 84 valence electrons. The Balaban J connectivity index is 2.30. The van der Waals surface area contributed by atoms with Gasteiger partial charge in [-0.15, -0.1) is 6.58 Å². The summed E-state index contributed by atoms with van der Waals surface area (Å²) >= 11 is 0. The van der Waals surface area contributed by atoms with Crippen LogP contribution in [-0.4, -0.2) is 9.67 Å². The summed E-state index contributed by atoms with van der Waals surface area (Å²) in [6, 6.07) is 8.14. The zero-order chi connectivity index (χ0) is 11.4. The van der Waals surface area contributed by atoms with Gasteiger partial charge in [0.2, 0.25) is 0 Å². The second-order valence-electron chi connectivity index (χ2n) is 3.95. The van der Waals surface area contributed by atoms with Crippen LogP contribution in [0.2, 0.25) is 0 Å². The molecule has 2 rings (SSSR count). The summed E-state index contributed by atoms with van der Waals surface area (Å²) in [5, 5.41) is 10.4. The van der Waals surface area contributed by atoms with Gasteiger partial charge in [0.15, 0.2) is 0 Å². The number of aliphatic hydroxyl groups excluding tert-OH is 1. The highest BCUT2D eigenvalue weighted by Crippen LogP contribution is 2.20. The van der Waals surface area contributed by atoms with Crippen LogP contribution >= 0.6 is 0 Å². The van der Waals surface area contributed by atoms with Gasteiger partial charge in [-0.05, 0) is 30.5 Å². The molecule has 0 bridgehead atoms. The summed E-state index contributed by atoms with van der Waals surface area (Å²) < 4.78 is 2.23. The second-order valence-corrected chi connectivity index (χ2v) is 3.95. The summed E-state index contributed by atoms with van der Waals surface area (Å²) in [4.78, 5) is 0. The Morgan fingerprint density at radius 2 is 2.19 bits per heavy atom. The van der Waals surface area contributed by atoms with E-state index in [1.54, 1.807) is 0 Å². The zero-order valence-corrected chi connectivity index (χ0v) is 9.39. The third kappa shape index (κ3) is 2.02. The first-order valence-corrected chi connectivity index (χ1v) is 5.65. The van der Waals surface area contributed by atoms with Gasteiger partial charge in [-0.2, -0.15) is 0 Å². The van der Waals surface area contributed by atoms with Gasteiger partial charge in [0.1, 0.15) is 0 Å². The summed E-state index contributed by atoms with van der Waals surface area (Å²) in [7, 11) is 0. The molecule has 0 unspecified atom stereocenters. The molecule has 16 heavy (non-hydrogen) atoms. The minimum atomic E-state index is 0.105. The van der Waals surface area contributed by atoms with E-state index in [2.05, 4.69) is 29.5 Å². The Bertz CT molecular complexity index is 484. The smallest absolute Gasteiger partial charge is 0.0688 e. The third-order valence-electron chi connectivity index (χ3n) is 2.88. The molecule has 2 heteroatoms. The van der Waals surface area contributed by atoms with Crippen LogP contribution in [0, 0.1) is 0 Å². The maximum atomic E-state index is 9.24. The highest BCUT2D eigenvalue weighted by Gasteiger charge is 2.03. The first-order valence-electron chi connectivity index (χ1n) is 5.65. The van der Waals surface area contributed by atoms with Crippen molar-refractivity contribution in [3.05, 3.63) is 48.7 Å². The van der Waals surface area contributed by atoms with Gasteiger partial charge >= 0.3 is 0 Å². The maximum absolute atomic E-state index is 9.24. The van der Waals surface area contributed by atoms with Gasteiger partial charge in [0.05, 0.1) is 6.61 Å². The lowest BCUT2D eigenvalue weighted by molar-refractivity contribution is 0.283. The Hall–Kier alpha value is -1.54. The molecule has 1 heterocycles. The highest BCUT2D eigenvalue weighted by molar-refractivity contribution is 5.83. The molecule has 0 radical (unpaired) electrons. The number of fused-ring (bicyclic) bond motifs is 1. The molecule has 0 aliphatic carbocycles. The summed E-state index contributed by atoms with van der Waals surface area (Å²) in [6.07, 6.45) is 6.19. The molecule has 1 N–H and O–H groups in total. The molecule has 0 aliphatic heterocycles. The zero-order valence-electron chi connectivity index (χ0n) is 9.39. The quantitative estimate of drug-likeness (QED) is 0.601. The van der Waals surface area contributed by atoms with Crippen LogP contribution in [0.25, 0.3) is 10.9 Å². The number of benzene rings is 1. The van der Waals surface area contributed by atoms with Crippen molar-refractivity contribution in [1.29, 1.82) is 0 Å². The standard InChI is InChI=1S/C14H17NO/c1-2-3-4-9-15-10-8-13-12(11-16)6-5-7-14(13)15/h2,5-8,10,16H,1,3-4,9,11H2. The van der Waals surface area contributed by atoms with E-state index in [1.807, 2.05) is 18.2 Å².